The Balaban J connectivity index is 1.80. The molecule has 0 N–H and O–H groups in total. The number of nitrogens with zero attached hydrogens (tertiary/aromatic N) is 2. The first-order valence-electron chi connectivity index (χ1n) is 11.3. The molecule has 8 nitrogen and oxygen atoms in total. The predicted molar refractivity (Wildman–Crippen MR) is 135 cm³/mol. The summed E-state index contributed by atoms with van der Waals surface area (Å²) >= 11 is 0. The van der Waals surface area contributed by atoms with Crippen molar-refractivity contribution in [2.75, 3.05) is 23.9 Å². The van der Waals surface area contributed by atoms with Gasteiger partial charge in [0.15, 0.2) is 0 Å². The van der Waals surface area contributed by atoms with E-state index in [4.69, 9.17) is 9.47 Å². The molecule has 0 radical (unpaired) electrons. The zero-order valence-corrected chi connectivity index (χ0v) is 20.6. The first-order chi connectivity index (χ1) is 17.2. The van der Waals surface area contributed by atoms with Crippen LogP contribution < -0.4 is 9.80 Å². The summed E-state index contributed by atoms with van der Waals surface area (Å²) in [5, 5.41) is 0. The number of likely N-dealkylation sites (N-methyl/N-ethyl adjacent to an activating group) is 2. The minimum Gasteiger partial charge on any atom is -0.447 e. The average molecular weight is 489 g/mol. The van der Waals surface area contributed by atoms with Crippen LogP contribution in [-0.2, 0) is 28.7 Å². The number of hydrogen-bond donors (Lipinski definition) is 0. The van der Waals surface area contributed by atoms with Crippen LogP contribution in [0.5, 0.6) is 0 Å². The van der Waals surface area contributed by atoms with E-state index in [9.17, 15) is 19.2 Å². The lowest BCUT2D eigenvalue weighted by Crippen LogP contribution is -2.34. The van der Waals surface area contributed by atoms with Crippen molar-refractivity contribution >= 4 is 35.1 Å². The van der Waals surface area contributed by atoms with Gasteiger partial charge in [-0.2, -0.15) is 0 Å². The van der Waals surface area contributed by atoms with Crippen molar-refractivity contribution in [1.82, 2.24) is 0 Å². The highest BCUT2D eigenvalue weighted by atomic mass is 16.6. The Morgan fingerprint density at radius 2 is 0.861 bits per heavy atom. The molecule has 0 spiro atoms. The quantitative estimate of drug-likeness (QED) is 0.441. The summed E-state index contributed by atoms with van der Waals surface area (Å²) in [6.07, 6.45) is -2.18. The Bertz CT molecular complexity index is 1120. The molecule has 3 aromatic carbocycles. The zero-order chi connectivity index (χ0) is 26.2. The summed E-state index contributed by atoms with van der Waals surface area (Å²) in [5.41, 5.74) is 2.20. The van der Waals surface area contributed by atoms with E-state index in [1.807, 2.05) is 12.1 Å². The molecular weight excluding hydrogens is 460 g/mol. The lowest BCUT2D eigenvalue weighted by Gasteiger charge is -2.26. The fraction of sp³-hybridized carbons (Fsp3) is 0.214. The number of amides is 2. The molecule has 36 heavy (non-hydrogen) atoms. The Hall–Kier alpha value is -4.46. The van der Waals surface area contributed by atoms with Crippen LogP contribution in [0.25, 0.3) is 0 Å². The zero-order valence-electron chi connectivity index (χ0n) is 20.6. The van der Waals surface area contributed by atoms with Gasteiger partial charge in [-0.3, -0.25) is 19.2 Å². The molecule has 2 atom stereocenters. The van der Waals surface area contributed by atoms with Crippen molar-refractivity contribution in [3.8, 4) is 0 Å². The van der Waals surface area contributed by atoms with Gasteiger partial charge in [-0.05, 0) is 24.3 Å². The normalized spacial score (nSPS) is 12.1. The van der Waals surface area contributed by atoms with Crippen LogP contribution in [0.1, 0.15) is 37.2 Å². The molecular formula is C28H28N2O6. The van der Waals surface area contributed by atoms with E-state index in [1.54, 1.807) is 86.9 Å². The first kappa shape index (κ1) is 26.2. The summed E-state index contributed by atoms with van der Waals surface area (Å²) in [5.74, 6) is -1.98. The Morgan fingerprint density at radius 1 is 0.556 bits per heavy atom. The van der Waals surface area contributed by atoms with E-state index in [0.29, 0.717) is 22.5 Å². The van der Waals surface area contributed by atoms with Crippen molar-refractivity contribution in [1.29, 1.82) is 0 Å². The van der Waals surface area contributed by atoms with Crippen molar-refractivity contribution in [2.24, 2.45) is 0 Å². The maximum atomic E-state index is 13.2. The second-order valence-electron chi connectivity index (χ2n) is 8.11. The number of carbonyl (C=O) groups excluding carboxylic acids is 4. The predicted octanol–water partition coefficient (Wildman–Crippen LogP) is 4.22. The molecule has 3 aromatic rings. The van der Waals surface area contributed by atoms with Crippen LogP contribution in [-0.4, -0.2) is 37.8 Å². The summed E-state index contributed by atoms with van der Waals surface area (Å²) < 4.78 is 10.6. The van der Waals surface area contributed by atoms with Crippen LogP contribution >= 0.6 is 0 Å². The fourth-order valence-electron chi connectivity index (χ4n) is 3.62. The molecule has 186 valence electrons. The van der Waals surface area contributed by atoms with Gasteiger partial charge in [0.25, 0.3) is 11.8 Å². The highest BCUT2D eigenvalue weighted by Gasteiger charge is 2.29. The minimum absolute atomic E-state index is 0.424. The third kappa shape index (κ3) is 6.35. The molecule has 2 unspecified atom stereocenters. The molecule has 0 bridgehead atoms. The molecule has 0 saturated heterocycles. The lowest BCUT2D eigenvalue weighted by molar-refractivity contribution is -0.153. The number of hydrogen-bond acceptors (Lipinski definition) is 6. The van der Waals surface area contributed by atoms with E-state index in [1.165, 1.54) is 23.6 Å². The first-order valence-corrected chi connectivity index (χ1v) is 11.3. The van der Waals surface area contributed by atoms with Crippen molar-refractivity contribution < 1.29 is 28.7 Å². The largest absolute Gasteiger partial charge is 0.447 e. The number of ether oxygens (including phenoxy) is 2. The van der Waals surface area contributed by atoms with Crippen molar-refractivity contribution in [3.63, 3.8) is 0 Å². The van der Waals surface area contributed by atoms with Gasteiger partial charge in [0, 0.05) is 50.4 Å². The standard InChI is InChI=1S/C28H28N2O6/c1-19(31)35-25(21-11-7-5-8-12-21)27(33)29(3)23-15-17-24(18-16-23)30(4)28(34)26(36-20(2)32)22-13-9-6-10-14-22/h5-18,25-26H,1-4H3. The van der Waals surface area contributed by atoms with Crippen LogP contribution in [0.4, 0.5) is 11.4 Å². The van der Waals surface area contributed by atoms with Gasteiger partial charge in [-0.1, -0.05) is 60.7 Å². The molecule has 2 amide bonds. The van der Waals surface area contributed by atoms with Crippen molar-refractivity contribution in [3.05, 3.63) is 96.1 Å². The van der Waals surface area contributed by atoms with Gasteiger partial charge in [-0.25, -0.2) is 0 Å². The van der Waals surface area contributed by atoms with Gasteiger partial charge in [0.1, 0.15) is 0 Å². The minimum atomic E-state index is -1.09. The summed E-state index contributed by atoms with van der Waals surface area (Å²) in [4.78, 5) is 52.4. The number of esters is 2. The second-order valence-corrected chi connectivity index (χ2v) is 8.11. The van der Waals surface area contributed by atoms with Crippen LogP contribution in [0.15, 0.2) is 84.9 Å². The molecule has 8 heteroatoms. The molecule has 0 aliphatic rings. The third-order valence-corrected chi connectivity index (χ3v) is 5.51. The average Bonchev–Trinajstić information content (AvgIpc) is 2.89. The Morgan fingerprint density at radius 3 is 1.14 bits per heavy atom. The van der Waals surface area contributed by atoms with Crippen LogP contribution in [0.2, 0.25) is 0 Å². The maximum absolute atomic E-state index is 13.2. The van der Waals surface area contributed by atoms with Crippen LogP contribution in [0, 0.1) is 0 Å². The van der Waals surface area contributed by atoms with Crippen LogP contribution in [0.3, 0.4) is 0 Å². The van der Waals surface area contributed by atoms with Gasteiger partial charge in [0.05, 0.1) is 0 Å². The molecule has 0 aromatic heterocycles. The summed E-state index contributed by atoms with van der Waals surface area (Å²) in [6, 6.07) is 24.2. The molecule has 0 aliphatic heterocycles. The number of benzene rings is 3. The molecule has 0 saturated carbocycles. The van der Waals surface area contributed by atoms with E-state index in [2.05, 4.69) is 0 Å². The smallest absolute Gasteiger partial charge is 0.303 e. The highest BCUT2D eigenvalue weighted by Crippen LogP contribution is 2.27. The van der Waals surface area contributed by atoms with Gasteiger partial charge >= 0.3 is 11.9 Å². The summed E-state index contributed by atoms with van der Waals surface area (Å²) in [7, 11) is 3.16. The van der Waals surface area contributed by atoms with Gasteiger partial charge < -0.3 is 19.3 Å². The number of carbonyl (C=O) groups is 4. The Kier molecular flexibility index (Phi) is 8.57. The topological polar surface area (TPSA) is 93.2 Å². The second kappa shape index (κ2) is 11.8. The van der Waals surface area contributed by atoms with Gasteiger partial charge in [0.2, 0.25) is 12.2 Å². The van der Waals surface area contributed by atoms with Crippen molar-refractivity contribution in [2.45, 2.75) is 26.1 Å². The SMILES string of the molecule is CC(=O)OC(C(=O)N(C)c1ccc(N(C)C(=O)C(OC(C)=O)c2ccccc2)cc1)c1ccccc1. The molecule has 0 fully saturated rings. The molecule has 0 aliphatic carbocycles. The Labute approximate surface area is 210 Å². The van der Waals surface area contributed by atoms with E-state index >= 15 is 0 Å². The number of anilines is 2. The number of rotatable bonds is 8. The van der Waals surface area contributed by atoms with E-state index in [0.717, 1.165) is 0 Å². The fourth-order valence-corrected chi connectivity index (χ4v) is 3.62. The maximum Gasteiger partial charge on any atom is 0.303 e. The van der Waals surface area contributed by atoms with E-state index in [-0.39, 0.29) is 0 Å². The highest BCUT2D eigenvalue weighted by molar-refractivity contribution is 5.99. The third-order valence-electron chi connectivity index (χ3n) is 5.51. The van der Waals surface area contributed by atoms with Gasteiger partial charge in [-0.15, -0.1) is 0 Å². The molecule has 3 rings (SSSR count). The monoisotopic (exact) mass is 488 g/mol. The van der Waals surface area contributed by atoms with E-state index < -0.39 is 36.0 Å². The lowest BCUT2D eigenvalue weighted by atomic mass is 10.1. The summed E-state index contributed by atoms with van der Waals surface area (Å²) in [6.45, 7) is 2.51. The molecule has 0 heterocycles.